The van der Waals surface area contributed by atoms with Crippen molar-refractivity contribution >= 4 is 27.3 Å². The fraction of sp³-hybridized carbons (Fsp3) is 0.189. The molecule has 47 heavy (non-hydrogen) atoms. The van der Waals surface area contributed by atoms with Crippen molar-refractivity contribution in [2.75, 3.05) is 13.6 Å². The molecule has 1 aromatic heterocycles. The molecule has 0 radical (unpaired) electrons. The number of hydrogen-bond donors (Lipinski definition) is 3. The maximum Gasteiger partial charge on any atom is 0.254 e. The number of aliphatic hydroxyl groups is 1. The number of carbonyl (C=O) groups is 1. The van der Waals surface area contributed by atoms with Gasteiger partial charge in [0.15, 0.2) is 0 Å². The van der Waals surface area contributed by atoms with Gasteiger partial charge in [0.2, 0.25) is 9.84 Å². The minimum absolute atomic E-state index is 0.00740. The Labute approximate surface area is 280 Å². The average Bonchev–Trinajstić information content (AvgIpc) is 3.11. The van der Waals surface area contributed by atoms with Gasteiger partial charge in [0.05, 0.1) is 21.5 Å². The van der Waals surface area contributed by atoms with E-state index < -0.39 is 21.8 Å². The number of hydrogen-bond acceptors (Lipinski definition) is 7. The lowest BCUT2D eigenvalue weighted by Crippen LogP contribution is -2.38. The Morgan fingerprint density at radius 1 is 0.851 bits per heavy atom. The molecule has 1 heterocycles. The van der Waals surface area contributed by atoms with Crippen LogP contribution in [0.15, 0.2) is 131 Å². The lowest BCUT2D eigenvalue weighted by molar-refractivity contribution is 0.0958. The molecule has 0 spiro atoms. The van der Waals surface area contributed by atoms with E-state index in [-0.39, 0.29) is 33.8 Å². The smallest absolute Gasteiger partial charge is 0.254 e. The highest BCUT2D eigenvalue weighted by atomic mass is 35.5. The van der Waals surface area contributed by atoms with Gasteiger partial charge in [-0.25, -0.2) is 13.4 Å². The third-order valence-corrected chi connectivity index (χ3v) is 9.79. The third-order valence-electron chi connectivity index (χ3n) is 7.80. The number of sulfone groups is 1. The Bertz CT molecular complexity index is 1870. The fourth-order valence-electron chi connectivity index (χ4n) is 5.18. The standard InChI is InChI=1S/C37H36ClN3O5S/c1-39-37(43)32-23-31(17-18-34(32)46-25-28-10-6-3-7-11-28)47(44,45)30-15-12-26(13-16-30)20-21-40-33(22-27-8-4-2-5-9-27)36(42)29-14-19-35(38)41-24-29/h2-19,23-24,33,36,40,42H,20-22,25H2,1H3,(H,39,43)/t33?,36-/m1/s1. The van der Waals surface area contributed by atoms with Gasteiger partial charge in [0.25, 0.3) is 5.91 Å². The summed E-state index contributed by atoms with van der Waals surface area (Å²) in [6.45, 7) is 0.777. The number of aliphatic hydroxyl groups excluding tert-OH is 1. The van der Waals surface area contributed by atoms with Crippen LogP contribution in [-0.2, 0) is 29.3 Å². The van der Waals surface area contributed by atoms with Crippen LogP contribution in [0.3, 0.4) is 0 Å². The molecule has 0 saturated carbocycles. The van der Waals surface area contributed by atoms with E-state index in [1.165, 1.54) is 25.2 Å². The molecule has 5 rings (SSSR count). The molecule has 4 aromatic carbocycles. The van der Waals surface area contributed by atoms with E-state index in [1.54, 1.807) is 42.6 Å². The van der Waals surface area contributed by atoms with Crippen molar-refractivity contribution in [3.05, 3.63) is 154 Å². The Morgan fingerprint density at radius 3 is 2.15 bits per heavy atom. The summed E-state index contributed by atoms with van der Waals surface area (Å²) < 4.78 is 33.0. The maximum absolute atomic E-state index is 13.6. The van der Waals surface area contributed by atoms with Crippen molar-refractivity contribution in [1.82, 2.24) is 15.6 Å². The molecule has 0 aliphatic rings. The second-order valence-corrected chi connectivity index (χ2v) is 13.4. The summed E-state index contributed by atoms with van der Waals surface area (Å²) in [5, 5.41) is 17.6. The molecule has 2 atom stereocenters. The van der Waals surface area contributed by atoms with Gasteiger partial charge in [0, 0.05) is 24.8 Å². The van der Waals surface area contributed by atoms with Crippen LogP contribution in [0, 0.1) is 0 Å². The van der Waals surface area contributed by atoms with Crippen LogP contribution in [0.4, 0.5) is 0 Å². The minimum Gasteiger partial charge on any atom is -0.488 e. The molecule has 0 saturated heterocycles. The van der Waals surface area contributed by atoms with E-state index in [9.17, 15) is 18.3 Å². The molecule has 0 fully saturated rings. The van der Waals surface area contributed by atoms with E-state index in [0.29, 0.717) is 30.1 Å². The number of pyridine rings is 1. The SMILES string of the molecule is CNC(=O)c1cc(S(=O)(=O)c2ccc(CCNC(Cc3ccccc3)[C@H](O)c3ccc(Cl)nc3)cc2)ccc1OCc1ccccc1. The number of rotatable bonds is 14. The highest BCUT2D eigenvalue weighted by molar-refractivity contribution is 7.91. The number of benzene rings is 4. The van der Waals surface area contributed by atoms with Crippen LogP contribution in [0.2, 0.25) is 5.15 Å². The average molecular weight is 670 g/mol. The zero-order chi connectivity index (χ0) is 33.2. The molecular formula is C37H36ClN3O5S. The summed E-state index contributed by atoms with van der Waals surface area (Å²) in [5.41, 5.74) is 3.72. The van der Waals surface area contributed by atoms with E-state index in [2.05, 4.69) is 15.6 Å². The summed E-state index contributed by atoms with van der Waals surface area (Å²) in [4.78, 5) is 16.9. The lowest BCUT2D eigenvalue weighted by atomic mass is 9.96. The van der Waals surface area contributed by atoms with Gasteiger partial charge in [-0.15, -0.1) is 0 Å². The first kappa shape index (κ1) is 33.8. The molecule has 1 unspecified atom stereocenters. The molecule has 10 heteroatoms. The third kappa shape index (κ3) is 8.84. The van der Waals surface area contributed by atoms with Crippen molar-refractivity contribution in [3.8, 4) is 5.75 Å². The van der Waals surface area contributed by atoms with Gasteiger partial charge in [-0.2, -0.15) is 0 Å². The highest BCUT2D eigenvalue weighted by Gasteiger charge is 2.23. The van der Waals surface area contributed by atoms with Gasteiger partial charge in [0.1, 0.15) is 17.5 Å². The zero-order valence-electron chi connectivity index (χ0n) is 25.8. The van der Waals surface area contributed by atoms with Crippen LogP contribution in [0.1, 0.15) is 38.7 Å². The van der Waals surface area contributed by atoms with E-state index in [0.717, 1.165) is 16.7 Å². The Balaban J connectivity index is 1.26. The number of nitrogens with zero attached hydrogens (tertiary/aromatic N) is 1. The minimum atomic E-state index is -3.92. The summed E-state index contributed by atoms with van der Waals surface area (Å²) >= 11 is 5.95. The Morgan fingerprint density at radius 2 is 1.51 bits per heavy atom. The van der Waals surface area contributed by atoms with Crippen molar-refractivity contribution in [1.29, 1.82) is 0 Å². The largest absolute Gasteiger partial charge is 0.488 e. The lowest BCUT2D eigenvalue weighted by Gasteiger charge is -2.25. The normalized spacial score (nSPS) is 12.7. The topological polar surface area (TPSA) is 118 Å². The Kier molecular flexibility index (Phi) is 11.4. The number of aromatic nitrogens is 1. The second kappa shape index (κ2) is 15.8. The summed E-state index contributed by atoms with van der Waals surface area (Å²) in [5.74, 6) is -0.158. The first-order chi connectivity index (χ1) is 22.7. The molecule has 0 aliphatic carbocycles. The highest BCUT2D eigenvalue weighted by Crippen LogP contribution is 2.28. The van der Waals surface area contributed by atoms with E-state index >= 15 is 0 Å². The van der Waals surface area contributed by atoms with Gasteiger partial charge in [-0.05, 0) is 72.5 Å². The van der Waals surface area contributed by atoms with Gasteiger partial charge in [-0.1, -0.05) is 90.5 Å². The number of carbonyl (C=O) groups excluding carboxylic acids is 1. The monoisotopic (exact) mass is 669 g/mol. The zero-order valence-corrected chi connectivity index (χ0v) is 27.4. The van der Waals surface area contributed by atoms with E-state index in [4.69, 9.17) is 16.3 Å². The Hall–Kier alpha value is -4.54. The van der Waals surface area contributed by atoms with E-state index in [1.807, 2.05) is 60.7 Å². The first-order valence-corrected chi connectivity index (χ1v) is 17.0. The first-order valence-electron chi connectivity index (χ1n) is 15.2. The van der Waals surface area contributed by atoms with Crippen LogP contribution < -0.4 is 15.4 Å². The number of halogens is 1. The van der Waals surface area contributed by atoms with Crippen molar-refractivity contribution in [3.63, 3.8) is 0 Å². The maximum atomic E-state index is 13.6. The second-order valence-electron chi connectivity index (χ2n) is 11.0. The summed E-state index contributed by atoms with van der Waals surface area (Å²) in [7, 11) is -2.43. The predicted octanol–water partition coefficient (Wildman–Crippen LogP) is 5.98. The molecule has 3 N–H and O–H groups in total. The molecule has 1 amide bonds. The van der Waals surface area contributed by atoms with Crippen molar-refractivity contribution < 1.29 is 23.1 Å². The fourth-order valence-corrected chi connectivity index (χ4v) is 6.58. The number of ether oxygens (including phenoxy) is 1. The van der Waals surface area contributed by atoms with Crippen LogP contribution >= 0.6 is 11.6 Å². The van der Waals surface area contributed by atoms with Crippen LogP contribution in [-0.4, -0.2) is 44.0 Å². The van der Waals surface area contributed by atoms with Crippen molar-refractivity contribution in [2.24, 2.45) is 0 Å². The molecule has 5 aromatic rings. The number of nitrogens with one attached hydrogen (secondary N) is 2. The van der Waals surface area contributed by atoms with Crippen LogP contribution in [0.5, 0.6) is 5.75 Å². The summed E-state index contributed by atoms with van der Waals surface area (Å²) in [6, 6.07) is 33.5. The van der Waals surface area contributed by atoms with Gasteiger partial charge >= 0.3 is 0 Å². The quantitative estimate of drug-likeness (QED) is 0.125. The van der Waals surface area contributed by atoms with Gasteiger partial charge in [-0.3, -0.25) is 4.79 Å². The molecule has 0 aliphatic heterocycles. The van der Waals surface area contributed by atoms with Crippen LogP contribution in [0.25, 0.3) is 0 Å². The number of amides is 1. The van der Waals surface area contributed by atoms with Gasteiger partial charge < -0.3 is 20.5 Å². The summed E-state index contributed by atoms with van der Waals surface area (Å²) in [6.07, 6.45) is 1.96. The predicted molar refractivity (Wildman–Crippen MR) is 182 cm³/mol. The molecule has 242 valence electrons. The molecule has 0 bridgehead atoms. The van der Waals surface area contributed by atoms with Crippen molar-refractivity contribution in [2.45, 2.75) is 41.4 Å². The molecule has 8 nitrogen and oxygen atoms in total. The molecular weight excluding hydrogens is 634 g/mol.